The molecule has 0 atom stereocenters. The molecule has 0 aromatic heterocycles. The summed E-state index contributed by atoms with van der Waals surface area (Å²) in [6, 6.07) is 37.0. The average molecular weight is 555 g/mol. The van der Waals surface area contributed by atoms with Crippen molar-refractivity contribution in [3.63, 3.8) is 0 Å². The van der Waals surface area contributed by atoms with Gasteiger partial charge >= 0.3 is 221 Å². The molecule has 0 saturated heterocycles. The Morgan fingerprint density at radius 1 is 0.595 bits per heavy atom. The zero-order valence-corrected chi connectivity index (χ0v) is 23.3. The van der Waals surface area contributed by atoms with Crippen LogP contribution in [0.15, 0.2) is 120 Å². The second-order valence-electron chi connectivity index (χ2n) is 9.06. The van der Waals surface area contributed by atoms with Crippen LogP contribution in [0.25, 0.3) is 0 Å². The number of hydrogen-bond acceptors (Lipinski definition) is 5. The molecule has 4 rings (SSSR count). The molecule has 5 nitrogen and oxygen atoms in total. The molecule has 0 aliphatic rings. The molecule has 0 amide bonds. The Balaban J connectivity index is 1.56. The molecule has 0 spiro atoms. The van der Waals surface area contributed by atoms with Gasteiger partial charge in [0, 0.05) is 0 Å². The fourth-order valence-electron chi connectivity index (χ4n) is 4.68. The van der Waals surface area contributed by atoms with E-state index in [9.17, 15) is 16.8 Å². The molecule has 0 aliphatic heterocycles. The van der Waals surface area contributed by atoms with Crippen LogP contribution in [0.3, 0.4) is 0 Å². The van der Waals surface area contributed by atoms with E-state index < -0.39 is 27.5 Å². The van der Waals surface area contributed by atoms with E-state index in [1.54, 1.807) is 12.1 Å². The molecule has 37 heavy (non-hydrogen) atoms. The van der Waals surface area contributed by atoms with Crippen molar-refractivity contribution in [2.75, 3.05) is 11.9 Å². The first-order valence-electron chi connectivity index (χ1n) is 12.1. The minimum atomic E-state index is -4.41. The second-order valence-corrected chi connectivity index (χ2v) is 16.5. The molecule has 0 aliphatic carbocycles. The third-order valence-corrected chi connectivity index (χ3v) is 14.7. The van der Waals surface area contributed by atoms with E-state index in [0.29, 0.717) is 6.42 Å². The van der Waals surface area contributed by atoms with Gasteiger partial charge in [-0.05, 0) is 0 Å². The van der Waals surface area contributed by atoms with Crippen LogP contribution in [-0.4, -0.2) is 28.8 Å². The third kappa shape index (κ3) is 6.55. The van der Waals surface area contributed by atoms with E-state index in [-0.39, 0.29) is 17.1 Å². The molecule has 194 valence electrons. The molecule has 0 radical (unpaired) electrons. The van der Waals surface area contributed by atoms with Gasteiger partial charge in [-0.3, -0.25) is 0 Å². The molecule has 0 fully saturated rings. The molecule has 0 N–H and O–H groups in total. The summed E-state index contributed by atoms with van der Waals surface area (Å²) < 4.78 is 55.0. The van der Waals surface area contributed by atoms with Gasteiger partial charge in [0.25, 0.3) is 0 Å². The molecule has 4 aromatic carbocycles. The van der Waals surface area contributed by atoms with Gasteiger partial charge < -0.3 is 0 Å². The standard InChI is InChI=1S/C29H31O5PS2/c1-25-19-21-29(22-20-25)37(32,33)34-36(30,31)24-12-11-23-35(26-13-5-2-6-14-26,27-15-7-3-8-16-27)28-17-9-4-10-18-28/h2-10,13-22,35H,11-12,23-24H2,1H3. The van der Waals surface area contributed by atoms with E-state index in [2.05, 4.69) is 36.4 Å². The predicted molar refractivity (Wildman–Crippen MR) is 154 cm³/mol. The van der Waals surface area contributed by atoms with E-state index in [4.69, 9.17) is 3.63 Å². The first-order chi connectivity index (χ1) is 17.7. The van der Waals surface area contributed by atoms with Crippen LogP contribution in [-0.2, 0) is 23.9 Å². The van der Waals surface area contributed by atoms with Gasteiger partial charge in [-0.15, -0.1) is 0 Å². The summed E-state index contributed by atoms with van der Waals surface area (Å²) >= 11 is 0. The summed E-state index contributed by atoms with van der Waals surface area (Å²) in [6.45, 7) is 1.82. The zero-order valence-electron chi connectivity index (χ0n) is 20.7. The van der Waals surface area contributed by atoms with Gasteiger partial charge in [-0.2, -0.15) is 0 Å². The van der Waals surface area contributed by atoms with E-state index in [1.165, 1.54) is 28.0 Å². The Hall–Kier alpha value is -2.83. The van der Waals surface area contributed by atoms with Crippen LogP contribution in [0.1, 0.15) is 18.4 Å². The summed E-state index contributed by atoms with van der Waals surface area (Å²) in [5.41, 5.74) is 0.865. The summed E-state index contributed by atoms with van der Waals surface area (Å²) in [7, 11) is -11.2. The van der Waals surface area contributed by atoms with E-state index in [1.807, 2.05) is 61.5 Å². The summed E-state index contributed by atoms with van der Waals surface area (Å²) in [6.07, 6.45) is 1.65. The minimum absolute atomic E-state index is 0.176. The van der Waals surface area contributed by atoms with Crippen LogP contribution >= 0.6 is 7.26 Å². The van der Waals surface area contributed by atoms with Crippen molar-refractivity contribution in [2.45, 2.75) is 24.7 Å². The number of aryl methyl sites for hydroxylation is 1. The maximum absolute atomic E-state index is 12.6. The molecule has 0 heterocycles. The van der Waals surface area contributed by atoms with Crippen LogP contribution in [0, 0.1) is 6.92 Å². The average Bonchev–Trinajstić information content (AvgIpc) is 2.90. The molecular formula is C29H31O5PS2. The van der Waals surface area contributed by atoms with Crippen molar-refractivity contribution in [3.05, 3.63) is 121 Å². The van der Waals surface area contributed by atoms with Gasteiger partial charge in [0.1, 0.15) is 0 Å². The predicted octanol–water partition coefficient (Wildman–Crippen LogP) is 4.54. The summed E-state index contributed by atoms with van der Waals surface area (Å²) in [5.74, 6) is -0.374. The second kappa shape index (κ2) is 11.7. The van der Waals surface area contributed by atoms with Crippen molar-refractivity contribution in [1.29, 1.82) is 0 Å². The Morgan fingerprint density at radius 2 is 1.03 bits per heavy atom. The van der Waals surface area contributed by atoms with Gasteiger partial charge in [-0.1, -0.05) is 0 Å². The Labute approximate surface area is 220 Å². The monoisotopic (exact) mass is 554 g/mol. The molecular weight excluding hydrogens is 523 g/mol. The molecule has 0 unspecified atom stereocenters. The van der Waals surface area contributed by atoms with Crippen molar-refractivity contribution >= 4 is 43.4 Å². The van der Waals surface area contributed by atoms with E-state index >= 15 is 0 Å². The van der Waals surface area contributed by atoms with E-state index in [0.717, 1.165) is 11.7 Å². The molecule has 8 heteroatoms. The first kappa shape index (κ1) is 27.2. The van der Waals surface area contributed by atoms with Gasteiger partial charge in [-0.25, -0.2) is 0 Å². The Kier molecular flexibility index (Phi) is 8.60. The first-order valence-corrected chi connectivity index (χ1v) is 17.3. The fraction of sp³-hybridized carbons (Fsp3) is 0.172. The van der Waals surface area contributed by atoms with Crippen molar-refractivity contribution in [2.24, 2.45) is 0 Å². The molecule has 0 bridgehead atoms. The van der Waals surface area contributed by atoms with Crippen molar-refractivity contribution < 1.29 is 20.5 Å². The van der Waals surface area contributed by atoms with Crippen molar-refractivity contribution in [3.8, 4) is 0 Å². The van der Waals surface area contributed by atoms with Gasteiger partial charge in [0.05, 0.1) is 0 Å². The summed E-state index contributed by atoms with van der Waals surface area (Å²) in [5, 5.41) is 3.73. The van der Waals surface area contributed by atoms with Crippen LogP contribution in [0.2, 0.25) is 0 Å². The van der Waals surface area contributed by atoms with Gasteiger partial charge in [0.15, 0.2) is 0 Å². The van der Waals surface area contributed by atoms with Crippen LogP contribution < -0.4 is 15.9 Å². The Bertz CT molecular complexity index is 1410. The van der Waals surface area contributed by atoms with Gasteiger partial charge in [0.2, 0.25) is 0 Å². The molecule has 0 saturated carbocycles. The normalized spacial score (nSPS) is 12.8. The maximum atomic E-state index is 12.6. The van der Waals surface area contributed by atoms with Crippen LogP contribution in [0.5, 0.6) is 0 Å². The third-order valence-electron chi connectivity index (χ3n) is 6.50. The number of rotatable bonds is 11. The number of unbranched alkanes of at least 4 members (excludes halogenated alkanes) is 1. The molecule has 4 aromatic rings. The number of benzene rings is 4. The SMILES string of the molecule is Cc1ccc(S(=O)(=O)OS(=O)(=O)CCCC[PH](c2ccccc2)(c2ccccc2)c2ccccc2)cc1. The van der Waals surface area contributed by atoms with Crippen LogP contribution in [0.4, 0.5) is 0 Å². The number of hydrogen-bond donors (Lipinski definition) is 0. The fourth-order valence-corrected chi connectivity index (χ4v) is 12.3. The Morgan fingerprint density at radius 3 is 1.46 bits per heavy atom. The topological polar surface area (TPSA) is 77.5 Å². The quantitative estimate of drug-likeness (QED) is 0.201. The zero-order chi connectivity index (χ0) is 26.4. The van der Waals surface area contributed by atoms with Crippen molar-refractivity contribution in [1.82, 2.24) is 0 Å². The summed E-state index contributed by atoms with van der Waals surface area (Å²) in [4.78, 5) is -0.176.